The Bertz CT molecular complexity index is 301. The number of nitrogens with zero attached hydrogens (tertiary/aromatic N) is 1. The van der Waals surface area contributed by atoms with Gasteiger partial charge in [-0.1, -0.05) is 13.8 Å². The maximum Gasteiger partial charge on any atom is 0.213 e. The van der Waals surface area contributed by atoms with Crippen LogP contribution in [0.5, 0.6) is 11.6 Å². The highest BCUT2D eigenvalue weighted by atomic mass is 16.5. The van der Waals surface area contributed by atoms with Crippen LogP contribution in [0.3, 0.4) is 0 Å². The summed E-state index contributed by atoms with van der Waals surface area (Å²) in [4.78, 5) is 4.20. The summed E-state index contributed by atoms with van der Waals surface area (Å²) < 4.78 is 11.1. The first-order chi connectivity index (χ1) is 8.26. The molecule has 0 aliphatic carbocycles. The first-order valence-corrected chi connectivity index (χ1v) is 6.22. The summed E-state index contributed by atoms with van der Waals surface area (Å²) >= 11 is 0. The van der Waals surface area contributed by atoms with Crippen molar-refractivity contribution in [3.8, 4) is 11.6 Å². The van der Waals surface area contributed by atoms with E-state index in [1.54, 1.807) is 6.20 Å². The molecule has 0 aromatic carbocycles. The molecule has 4 heteroatoms. The van der Waals surface area contributed by atoms with Crippen molar-refractivity contribution in [2.24, 2.45) is 0 Å². The van der Waals surface area contributed by atoms with Gasteiger partial charge in [0.15, 0.2) is 0 Å². The van der Waals surface area contributed by atoms with E-state index in [0.717, 1.165) is 31.9 Å². The quantitative estimate of drug-likeness (QED) is 0.754. The number of hydrogen-bond donors (Lipinski definition) is 1. The first kappa shape index (κ1) is 13.8. The highest BCUT2D eigenvalue weighted by molar-refractivity contribution is 5.22. The van der Waals surface area contributed by atoms with E-state index in [4.69, 9.17) is 9.47 Å². The van der Waals surface area contributed by atoms with E-state index in [9.17, 15) is 0 Å². The van der Waals surface area contributed by atoms with Crippen molar-refractivity contribution in [3.05, 3.63) is 18.3 Å². The van der Waals surface area contributed by atoms with Gasteiger partial charge in [-0.25, -0.2) is 4.98 Å². The molecule has 1 atom stereocenters. The summed E-state index contributed by atoms with van der Waals surface area (Å²) in [5, 5.41) is 3.23. The van der Waals surface area contributed by atoms with Gasteiger partial charge in [0.2, 0.25) is 5.88 Å². The predicted molar refractivity (Wildman–Crippen MR) is 68.7 cm³/mol. The fourth-order valence-electron chi connectivity index (χ4n) is 1.34. The minimum Gasteiger partial charge on any atom is -0.492 e. The lowest BCUT2D eigenvalue weighted by Crippen LogP contribution is -2.28. The molecule has 4 nitrogen and oxygen atoms in total. The largest absolute Gasteiger partial charge is 0.492 e. The van der Waals surface area contributed by atoms with Crippen molar-refractivity contribution in [1.29, 1.82) is 0 Å². The smallest absolute Gasteiger partial charge is 0.213 e. The van der Waals surface area contributed by atoms with Gasteiger partial charge in [-0.15, -0.1) is 0 Å². The van der Waals surface area contributed by atoms with Crippen molar-refractivity contribution < 1.29 is 9.47 Å². The van der Waals surface area contributed by atoms with Crippen molar-refractivity contribution in [1.82, 2.24) is 10.3 Å². The number of likely N-dealkylation sites (N-methyl/N-ethyl adjacent to an activating group) is 1. The lowest BCUT2D eigenvalue weighted by Gasteiger charge is -2.14. The maximum atomic E-state index is 5.65. The van der Waals surface area contributed by atoms with Gasteiger partial charge in [0.1, 0.15) is 11.9 Å². The second kappa shape index (κ2) is 7.90. The number of hydrogen-bond acceptors (Lipinski definition) is 4. The van der Waals surface area contributed by atoms with Crippen molar-refractivity contribution >= 4 is 0 Å². The Balaban J connectivity index is 2.39. The van der Waals surface area contributed by atoms with Gasteiger partial charge in [0.05, 0.1) is 12.8 Å². The molecule has 96 valence electrons. The molecule has 1 aromatic rings. The van der Waals surface area contributed by atoms with Crippen LogP contribution in [0.4, 0.5) is 0 Å². The maximum absolute atomic E-state index is 5.65. The van der Waals surface area contributed by atoms with Crippen LogP contribution in [-0.4, -0.2) is 30.8 Å². The first-order valence-electron chi connectivity index (χ1n) is 6.22. The van der Waals surface area contributed by atoms with Crippen molar-refractivity contribution in [2.45, 2.75) is 33.3 Å². The van der Waals surface area contributed by atoms with E-state index in [0.29, 0.717) is 5.88 Å². The number of pyridine rings is 1. The molecule has 0 saturated heterocycles. The summed E-state index contributed by atoms with van der Waals surface area (Å²) in [5.74, 6) is 1.43. The Morgan fingerprint density at radius 3 is 2.76 bits per heavy atom. The summed E-state index contributed by atoms with van der Waals surface area (Å²) in [6.45, 7) is 8.67. The second-order valence-electron chi connectivity index (χ2n) is 3.92. The van der Waals surface area contributed by atoms with Crippen molar-refractivity contribution in [3.63, 3.8) is 0 Å². The lowest BCUT2D eigenvalue weighted by molar-refractivity contribution is 0.209. The zero-order valence-electron chi connectivity index (χ0n) is 10.9. The summed E-state index contributed by atoms with van der Waals surface area (Å²) in [5.41, 5.74) is 0. The van der Waals surface area contributed by atoms with E-state index in [1.807, 2.05) is 19.1 Å². The molecule has 0 amide bonds. The second-order valence-corrected chi connectivity index (χ2v) is 3.92. The van der Waals surface area contributed by atoms with Gasteiger partial charge in [0.25, 0.3) is 0 Å². The van der Waals surface area contributed by atoms with Crippen LogP contribution in [0.15, 0.2) is 18.3 Å². The summed E-state index contributed by atoms with van der Waals surface area (Å²) in [6.07, 6.45) is 2.81. The number of nitrogens with one attached hydrogen (secondary N) is 1. The van der Waals surface area contributed by atoms with Gasteiger partial charge in [-0.05, 0) is 26.0 Å². The molecule has 17 heavy (non-hydrogen) atoms. The molecule has 1 heterocycles. The zero-order valence-corrected chi connectivity index (χ0v) is 10.9. The Labute approximate surface area is 103 Å². The third kappa shape index (κ3) is 5.54. The van der Waals surface area contributed by atoms with Crippen LogP contribution in [0.1, 0.15) is 27.2 Å². The molecule has 0 bridgehead atoms. The van der Waals surface area contributed by atoms with Gasteiger partial charge >= 0.3 is 0 Å². The summed E-state index contributed by atoms with van der Waals surface area (Å²) in [6, 6.07) is 3.73. The molecular weight excluding hydrogens is 216 g/mol. The zero-order chi connectivity index (χ0) is 12.5. The third-order valence-corrected chi connectivity index (χ3v) is 2.19. The normalized spacial score (nSPS) is 12.2. The highest BCUT2D eigenvalue weighted by Crippen LogP contribution is 2.14. The molecule has 0 fully saturated rings. The van der Waals surface area contributed by atoms with Crippen LogP contribution in [0.25, 0.3) is 0 Å². The molecule has 0 radical (unpaired) electrons. The van der Waals surface area contributed by atoms with Gasteiger partial charge < -0.3 is 14.8 Å². The molecule has 0 aliphatic heterocycles. The van der Waals surface area contributed by atoms with Crippen LogP contribution in [0, 0.1) is 0 Å². The fourth-order valence-corrected chi connectivity index (χ4v) is 1.34. The number of aromatic nitrogens is 1. The van der Waals surface area contributed by atoms with Crippen LogP contribution in [-0.2, 0) is 0 Å². The monoisotopic (exact) mass is 238 g/mol. The van der Waals surface area contributed by atoms with Gasteiger partial charge in [0, 0.05) is 12.6 Å². The molecular formula is C13H22N2O2. The Morgan fingerprint density at radius 2 is 2.18 bits per heavy atom. The van der Waals surface area contributed by atoms with E-state index in [1.165, 1.54) is 0 Å². The van der Waals surface area contributed by atoms with Crippen LogP contribution < -0.4 is 14.8 Å². The number of rotatable bonds is 8. The Hall–Kier alpha value is -1.29. The minimum absolute atomic E-state index is 0.116. The average molecular weight is 238 g/mol. The van der Waals surface area contributed by atoms with Crippen LogP contribution in [0.2, 0.25) is 0 Å². The summed E-state index contributed by atoms with van der Waals surface area (Å²) in [7, 11) is 0. The van der Waals surface area contributed by atoms with E-state index >= 15 is 0 Å². The average Bonchev–Trinajstić information content (AvgIpc) is 2.35. The van der Waals surface area contributed by atoms with Crippen molar-refractivity contribution in [2.75, 3.05) is 19.7 Å². The predicted octanol–water partition coefficient (Wildman–Crippen LogP) is 2.25. The Kier molecular flexibility index (Phi) is 6.40. The standard InChI is InChI=1S/C13H22N2O2/c1-4-8-16-12-6-7-13(15-10-12)17-11(3)9-14-5-2/h6-7,10-11,14H,4-5,8-9H2,1-3H3/t11-/m1/s1. The third-order valence-electron chi connectivity index (χ3n) is 2.19. The lowest BCUT2D eigenvalue weighted by atomic mass is 10.4. The molecule has 0 spiro atoms. The number of ether oxygens (including phenoxy) is 2. The van der Waals surface area contributed by atoms with E-state index in [2.05, 4.69) is 24.1 Å². The van der Waals surface area contributed by atoms with Crippen LogP contribution >= 0.6 is 0 Å². The minimum atomic E-state index is 0.116. The molecule has 1 N–H and O–H groups in total. The van der Waals surface area contributed by atoms with Gasteiger partial charge in [-0.3, -0.25) is 0 Å². The highest BCUT2D eigenvalue weighted by Gasteiger charge is 2.04. The SMILES string of the molecule is CCCOc1ccc(O[C@H](C)CNCC)nc1. The molecule has 0 unspecified atom stereocenters. The topological polar surface area (TPSA) is 43.4 Å². The molecule has 1 rings (SSSR count). The van der Waals surface area contributed by atoms with E-state index in [-0.39, 0.29) is 6.10 Å². The van der Waals surface area contributed by atoms with E-state index < -0.39 is 0 Å². The molecule has 0 aliphatic rings. The fraction of sp³-hybridized carbons (Fsp3) is 0.615. The Morgan fingerprint density at radius 1 is 1.35 bits per heavy atom. The molecule has 0 saturated carbocycles. The van der Waals surface area contributed by atoms with Gasteiger partial charge in [-0.2, -0.15) is 0 Å². The molecule has 1 aromatic heterocycles.